The summed E-state index contributed by atoms with van der Waals surface area (Å²) in [5.41, 5.74) is -0.768. The van der Waals surface area contributed by atoms with Crippen LogP contribution >= 0.6 is 0 Å². The predicted octanol–water partition coefficient (Wildman–Crippen LogP) is 1.31. The van der Waals surface area contributed by atoms with E-state index in [2.05, 4.69) is 0 Å². The minimum absolute atomic E-state index is 0.0489. The van der Waals surface area contributed by atoms with Crippen molar-refractivity contribution in [1.29, 1.82) is 0 Å². The number of Topliss-reactive ketones (excluding diaryl/α,β-unsaturated/α-hetero) is 1. The summed E-state index contributed by atoms with van der Waals surface area (Å²) in [4.78, 5) is 22.5. The first kappa shape index (κ1) is 9.23. The van der Waals surface area contributed by atoms with Crippen LogP contribution in [0.5, 0.6) is 0 Å². The predicted molar refractivity (Wildman–Crippen MR) is 43.6 cm³/mol. The van der Waals surface area contributed by atoms with Gasteiger partial charge in [-0.15, -0.1) is 0 Å². The lowest BCUT2D eigenvalue weighted by atomic mass is 9.66. The third-order valence-electron chi connectivity index (χ3n) is 2.55. The highest BCUT2D eigenvalue weighted by Crippen LogP contribution is 2.42. The molecule has 0 aliphatic heterocycles. The Morgan fingerprint density at radius 3 is 2.25 bits per heavy atom. The third kappa shape index (κ3) is 1.24. The van der Waals surface area contributed by atoms with E-state index in [4.69, 9.17) is 4.74 Å². The van der Waals surface area contributed by atoms with Gasteiger partial charge < -0.3 is 4.74 Å². The van der Waals surface area contributed by atoms with Crippen molar-refractivity contribution in [3.8, 4) is 0 Å². The molecule has 1 aliphatic carbocycles. The number of carbonyl (C=O) groups excluding carboxylic acids is 2. The van der Waals surface area contributed by atoms with Gasteiger partial charge in [0.2, 0.25) is 0 Å². The van der Waals surface area contributed by atoms with Crippen LogP contribution in [0.2, 0.25) is 0 Å². The van der Waals surface area contributed by atoms with Gasteiger partial charge in [0.05, 0.1) is 6.61 Å². The molecule has 0 aromatic heterocycles. The Morgan fingerprint density at radius 2 is 2.00 bits per heavy atom. The summed E-state index contributed by atoms with van der Waals surface area (Å²) >= 11 is 0. The molecule has 1 fully saturated rings. The quantitative estimate of drug-likeness (QED) is 0.473. The maximum atomic E-state index is 11.3. The molecule has 0 aromatic rings. The molecule has 3 heteroatoms. The second-order valence-corrected chi connectivity index (χ2v) is 3.21. The molecule has 1 saturated carbocycles. The number of carbonyl (C=O) groups is 2. The van der Waals surface area contributed by atoms with Crippen molar-refractivity contribution in [2.75, 3.05) is 6.61 Å². The average Bonchev–Trinajstić information content (AvgIpc) is 1.83. The highest BCUT2D eigenvalue weighted by atomic mass is 16.5. The van der Waals surface area contributed by atoms with Crippen LogP contribution in [0.3, 0.4) is 0 Å². The van der Waals surface area contributed by atoms with E-state index < -0.39 is 5.41 Å². The van der Waals surface area contributed by atoms with E-state index in [0.29, 0.717) is 19.4 Å². The van der Waals surface area contributed by atoms with E-state index in [1.54, 1.807) is 6.92 Å². The van der Waals surface area contributed by atoms with Gasteiger partial charge in [-0.05, 0) is 26.7 Å². The van der Waals surface area contributed by atoms with Crippen LogP contribution in [0.4, 0.5) is 0 Å². The highest BCUT2D eigenvalue weighted by molar-refractivity contribution is 6.03. The van der Waals surface area contributed by atoms with Crippen molar-refractivity contribution >= 4 is 11.8 Å². The largest absolute Gasteiger partial charge is 0.465 e. The van der Waals surface area contributed by atoms with Crippen molar-refractivity contribution in [1.82, 2.24) is 0 Å². The molecule has 0 saturated heterocycles. The van der Waals surface area contributed by atoms with Gasteiger partial charge in [-0.2, -0.15) is 0 Å². The number of ketones is 1. The molecule has 0 atom stereocenters. The van der Waals surface area contributed by atoms with E-state index in [1.165, 1.54) is 6.92 Å². The summed E-state index contributed by atoms with van der Waals surface area (Å²) in [5, 5.41) is 0. The first-order valence-corrected chi connectivity index (χ1v) is 4.32. The van der Waals surface area contributed by atoms with Crippen LogP contribution in [-0.2, 0) is 14.3 Å². The molecular weight excluding hydrogens is 156 g/mol. The molecular formula is C9H14O3. The summed E-state index contributed by atoms with van der Waals surface area (Å²) in [6.45, 7) is 3.58. The van der Waals surface area contributed by atoms with Gasteiger partial charge >= 0.3 is 5.97 Å². The lowest BCUT2D eigenvalue weighted by Crippen LogP contribution is -2.45. The summed E-state index contributed by atoms with van der Waals surface area (Å²) in [5.74, 6) is -0.379. The molecule has 1 rings (SSSR count). The van der Waals surface area contributed by atoms with E-state index in [0.717, 1.165) is 6.42 Å². The molecule has 0 bridgehead atoms. The van der Waals surface area contributed by atoms with Gasteiger partial charge in [0.25, 0.3) is 0 Å². The molecule has 68 valence electrons. The van der Waals surface area contributed by atoms with Gasteiger partial charge in [0, 0.05) is 0 Å². The topological polar surface area (TPSA) is 43.4 Å². The maximum Gasteiger partial charge on any atom is 0.319 e. The smallest absolute Gasteiger partial charge is 0.319 e. The summed E-state index contributed by atoms with van der Waals surface area (Å²) in [6, 6.07) is 0. The zero-order valence-corrected chi connectivity index (χ0v) is 7.55. The number of ether oxygens (including phenoxy) is 1. The summed E-state index contributed by atoms with van der Waals surface area (Å²) in [6.07, 6.45) is 2.29. The molecule has 0 spiro atoms. The van der Waals surface area contributed by atoms with Gasteiger partial charge in [-0.3, -0.25) is 9.59 Å². The Labute approximate surface area is 72.1 Å². The van der Waals surface area contributed by atoms with Gasteiger partial charge in [-0.1, -0.05) is 6.42 Å². The number of hydrogen-bond donors (Lipinski definition) is 0. The number of rotatable bonds is 3. The van der Waals surface area contributed by atoms with E-state index in [9.17, 15) is 9.59 Å². The zero-order valence-electron chi connectivity index (χ0n) is 7.55. The van der Waals surface area contributed by atoms with Crippen molar-refractivity contribution in [3.63, 3.8) is 0 Å². The Balaban J connectivity index is 2.67. The van der Waals surface area contributed by atoms with Crippen molar-refractivity contribution < 1.29 is 14.3 Å². The van der Waals surface area contributed by atoms with Crippen molar-refractivity contribution in [2.24, 2.45) is 5.41 Å². The number of esters is 1. The van der Waals surface area contributed by atoms with E-state index in [1.807, 2.05) is 0 Å². The molecule has 0 heterocycles. The Kier molecular flexibility index (Phi) is 2.50. The molecule has 0 unspecified atom stereocenters. The van der Waals surface area contributed by atoms with Gasteiger partial charge in [0.15, 0.2) is 0 Å². The van der Waals surface area contributed by atoms with Crippen LogP contribution in [0.25, 0.3) is 0 Å². The summed E-state index contributed by atoms with van der Waals surface area (Å²) < 4.78 is 4.85. The normalized spacial score (nSPS) is 19.5. The van der Waals surface area contributed by atoms with Gasteiger partial charge in [0.1, 0.15) is 11.2 Å². The summed E-state index contributed by atoms with van der Waals surface area (Å²) in [7, 11) is 0. The van der Waals surface area contributed by atoms with E-state index in [-0.39, 0.29) is 11.8 Å². The van der Waals surface area contributed by atoms with E-state index >= 15 is 0 Å². The Morgan fingerprint density at radius 1 is 1.42 bits per heavy atom. The van der Waals surface area contributed by atoms with Crippen molar-refractivity contribution in [2.45, 2.75) is 33.1 Å². The van der Waals surface area contributed by atoms with Crippen molar-refractivity contribution in [3.05, 3.63) is 0 Å². The fourth-order valence-electron chi connectivity index (χ4n) is 1.50. The Hall–Kier alpha value is -0.860. The minimum Gasteiger partial charge on any atom is -0.465 e. The lowest BCUT2D eigenvalue weighted by molar-refractivity contribution is -0.165. The first-order valence-electron chi connectivity index (χ1n) is 4.32. The minimum atomic E-state index is -0.768. The van der Waals surface area contributed by atoms with Crippen LogP contribution < -0.4 is 0 Å². The van der Waals surface area contributed by atoms with Gasteiger partial charge in [-0.25, -0.2) is 0 Å². The molecule has 3 nitrogen and oxygen atoms in total. The third-order valence-corrected chi connectivity index (χ3v) is 2.55. The SMILES string of the molecule is CCOC(=O)C1(C(C)=O)CCC1. The average molecular weight is 170 g/mol. The molecule has 0 amide bonds. The number of hydrogen-bond acceptors (Lipinski definition) is 3. The van der Waals surface area contributed by atoms with Crippen LogP contribution in [-0.4, -0.2) is 18.4 Å². The second kappa shape index (κ2) is 3.25. The highest BCUT2D eigenvalue weighted by Gasteiger charge is 2.49. The Bertz CT molecular complexity index is 204. The zero-order chi connectivity index (χ0) is 9.19. The van der Waals surface area contributed by atoms with Crippen LogP contribution in [0.15, 0.2) is 0 Å². The lowest BCUT2D eigenvalue weighted by Gasteiger charge is -2.36. The maximum absolute atomic E-state index is 11.3. The van der Waals surface area contributed by atoms with Crippen LogP contribution in [0, 0.1) is 5.41 Å². The van der Waals surface area contributed by atoms with Crippen LogP contribution in [0.1, 0.15) is 33.1 Å². The molecule has 1 aliphatic rings. The standard InChI is InChI=1S/C9H14O3/c1-3-12-8(11)9(7(2)10)5-4-6-9/h3-6H2,1-2H3. The molecule has 0 aromatic carbocycles. The monoisotopic (exact) mass is 170 g/mol. The fraction of sp³-hybridized carbons (Fsp3) is 0.778. The molecule has 12 heavy (non-hydrogen) atoms. The molecule has 0 radical (unpaired) electrons. The molecule has 0 N–H and O–H groups in total. The second-order valence-electron chi connectivity index (χ2n) is 3.21. The first-order chi connectivity index (χ1) is 5.63. The fourth-order valence-corrected chi connectivity index (χ4v) is 1.50.